The Morgan fingerprint density at radius 2 is 2.06 bits per heavy atom. The van der Waals surface area contributed by atoms with Crippen LogP contribution in [0, 0.1) is 12.8 Å². The van der Waals surface area contributed by atoms with Crippen molar-refractivity contribution in [1.29, 1.82) is 0 Å². The number of rotatable bonds is 5. The molecule has 0 saturated carbocycles. The lowest BCUT2D eigenvalue weighted by Crippen LogP contribution is -2.33. The quantitative estimate of drug-likeness (QED) is 0.851. The van der Waals surface area contributed by atoms with Gasteiger partial charge in [-0.2, -0.15) is 0 Å². The van der Waals surface area contributed by atoms with Crippen LogP contribution >= 0.6 is 11.6 Å². The molecule has 3 N–H and O–H groups in total. The highest BCUT2D eigenvalue weighted by atomic mass is 35.5. The van der Waals surface area contributed by atoms with Crippen molar-refractivity contribution >= 4 is 17.3 Å². The van der Waals surface area contributed by atoms with Crippen LogP contribution in [0.1, 0.15) is 19.4 Å². The monoisotopic (exact) mass is 256 g/mol. The Balaban J connectivity index is 3.04. The van der Waals surface area contributed by atoms with Crippen LogP contribution in [0.25, 0.3) is 0 Å². The Bertz CT molecular complexity index is 380. The number of ether oxygens (including phenoxy) is 1. The van der Waals surface area contributed by atoms with Crippen LogP contribution in [-0.4, -0.2) is 19.7 Å². The number of methoxy groups -OCH3 is 1. The lowest BCUT2D eigenvalue weighted by atomic mass is 10.0. The minimum absolute atomic E-state index is 0.210. The van der Waals surface area contributed by atoms with Gasteiger partial charge >= 0.3 is 0 Å². The average molecular weight is 257 g/mol. The van der Waals surface area contributed by atoms with Crippen LogP contribution in [0.15, 0.2) is 12.1 Å². The maximum Gasteiger partial charge on any atom is 0.144 e. The molecule has 1 aromatic carbocycles. The van der Waals surface area contributed by atoms with Crippen molar-refractivity contribution in [3.63, 3.8) is 0 Å². The molecule has 1 unspecified atom stereocenters. The van der Waals surface area contributed by atoms with E-state index in [0.717, 1.165) is 17.0 Å². The minimum atomic E-state index is 0.210. The second kappa shape index (κ2) is 6.12. The smallest absolute Gasteiger partial charge is 0.144 e. The van der Waals surface area contributed by atoms with Crippen LogP contribution in [0.3, 0.4) is 0 Å². The molecule has 0 fully saturated rings. The van der Waals surface area contributed by atoms with E-state index in [9.17, 15) is 0 Å². The molecule has 0 amide bonds. The third kappa shape index (κ3) is 3.51. The van der Waals surface area contributed by atoms with Gasteiger partial charge in [0, 0.05) is 17.6 Å². The number of benzene rings is 1. The van der Waals surface area contributed by atoms with Crippen LogP contribution in [0.5, 0.6) is 5.75 Å². The molecule has 0 heterocycles. The van der Waals surface area contributed by atoms with Crippen LogP contribution in [-0.2, 0) is 0 Å². The summed E-state index contributed by atoms with van der Waals surface area (Å²) in [5.41, 5.74) is 7.67. The zero-order valence-electron chi connectivity index (χ0n) is 10.9. The summed E-state index contributed by atoms with van der Waals surface area (Å²) in [6, 6.07) is 3.97. The van der Waals surface area contributed by atoms with Gasteiger partial charge in [-0.1, -0.05) is 25.4 Å². The zero-order chi connectivity index (χ0) is 13.0. The van der Waals surface area contributed by atoms with Gasteiger partial charge in [-0.3, -0.25) is 0 Å². The molecule has 0 aliphatic carbocycles. The topological polar surface area (TPSA) is 47.3 Å². The molecule has 4 heteroatoms. The standard InChI is InChI=1S/C13H21ClN2O/c1-8(2)12(7-15)16-11-6-10(14)5-9(3)13(11)17-4/h5-6,8,12,16H,7,15H2,1-4H3. The molecular formula is C13H21ClN2O. The molecule has 0 aromatic heterocycles. The van der Waals surface area contributed by atoms with Crippen molar-refractivity contribution in [2.24, 2.45) is 11.7 Å². The number of nitrogens with one attached hydrogen (secondary N) is 1. The Morgan fingerprint density at radius 1 is 1.41 bits per heavy atom. The van der Waals surface area contributed by atoms with Gasteiger partial charge in [0.2, 0.25) is 0 Å². The Labute approximate surface area is 108 Å². The van der Waals surface area contributed by atoms with Gasteiger partial charge in [-0.05, 0) is 30.5 Å². The normalized spacial score (nSPS) is 12.6. The second-order valence-corrected chi connectivity index (χ2v) is 4.97. The molecule has 96 valence electrons. The summed E-state index contributed by atoms with van der Waals surface area (Å²) in [4.78, 5) is 0. The lowest BCUT2D eigenvalue weighted by Gasteiger charge is -2.24. The first kappa shape index (κ1) is 14.1. The van der Waals surface area contributed by atoms with Gasteiger partial charge in [-0.25, -0.2) is 0 Å². The van der Waals surface area contributed by atoms with Crippen molar-refractivity contribution in [2.75, 3.05) is 19.0 Å². The van der Waals surface area contributed by atoms with E-state index in [-0.39, 0.29) is 6.04 Å². The number of nitrogens with two attached hydrogens (primary N) is 1. The van der Waals surface area contributed by atoms with Crippen LogP contribution in [0.4, 0.5) is 5.69 Å². The third-order valence-electron chi connectivity index (χ3n) is 2.84. The number of anilines is 1. The number of hydrogen-bond acceptors (Lipinski definition) is 3. The molecule has 1 rings (SSSR count). The number of aryl methyl sites for hydroxylation is 1. The summed E-state index contributed by atoms with van der Waals surface area (Å²) >= 11 is 6.06. The molecule has 0 radical (unpaired) electrons. The highest BCUT2D eigenvalue weighted by molar-refractivity contribution is 6.31. The van der Waals surface area contributed by atoms with E-state index in [1.807, 2.05) is 19.1 Å². The van der Waals surface area contributed by atoms with Gasteiger partial charge in [0.1, 0.15) is 5.75 Å². The molecule has 1 atom stereocenters. The van der Waals surface area contributed by atoms with E-state index in [0.29, 0.717) is 17.5 Å². The first-order valence-corrected chi connectivity index (χ1v) is 6.18. The summed E-state index contributed by atoms with van der Waals surface area (Å²) in [6.07, 6.45) is 0. The first-order valence-electron chi connectivity index (χ1n) is 5.80. The molecule has 0 spiro atoms. The van der Waals surface area contributed by atoms with E-state index < -0.39 is 0 Å². The van der Waals surface area contributed by atoms with Gasteiger partial charge in [-0.15, -0.1) is 0 Å². The predicted octanol–water partition coefficient (Wildman–Crippen LogP) is 3.05. The van der Waals surface area contributed by atoms with E-state index >= 15 is 0 Å². The molecule has 0 saturated heterocycles. The second-order valence-electron chi connectivity index (χ2n) is 4.53. The third-order valence-corrected chi connectivity index (χ3v) is 3.06. The maximum absolute atomic E-state index is 6.06. The van der Waals surface area contributed by atoms with Crippen LogP contribution < -0.4 is 15.8 Å². The van der Waals surface area contributed by atoms with Gasteiger partial charge in [0.05, 0.1) is 12.8 Å². The summed E-state index contributed by atoms with van der Waals surface area (Å²) in [5, 5.41) is 4.09. The summed E-state index contributed by atoms with van der Waals surface area (Å²) < 4.78 is 5.39. The number of halogens is 1. The molecule has 0 aliphatic rings. The highest BCUT2D eigenvalue weighted by Crippen LogP contribution is 2.32. The maximum atomic E-state index is 6.06. The van der Waals surface area contributed by atoms with E-state index in [4.69, 9.17) is 22.1 Å². The fourth-order valence-corrected chi connectivity index (χ4v) is 2.08. The van der Waals surface area contributed by atoms with Crippen molar-refractivity contribution < 1.29 is 4.74 Å². The fraction of sp³-hybridized carbons (Fsp3) is 0.538. The largest absolute Gasteiger partial charge is 0.494 e. The Hall–Kier alpha value is -0.930. The molecule has 3 nitrogen and oxygen atoms in total. The summed E-state index contributed by atoms with van der Waals surface area (Å²) in [7, 11) is 1.66. The summed E-state index contributed by atoms with van der Waals surface area (Å²) in [6.45, 7) is 6.82. The van der Waals surface area contributed by atoms with Crippen molar-refractivity contribution in [3.8, 4) is 5.75 Å². The predicted molar refractivity (Wildman–Crippen MR) is 74.0 cm³/mol. The summed E-state index contributed by atoms with van der Waals surface area (Å²) in [5.74, 6) is 1.28. The van der Waals surface area contributed by atoms with Crippen molar-refractivity contribution in [2.45, 2.75) is 26.8 Å². The van der Waals surface area contributed by atoms with E-state index in [1.54, 1.807) is 7.11 Å². The Kier molecular flexibility index (Phi) is 5.09. The first-order chi connectivity index (χ1) is 7.99. The molecular weight excluding hydrogens is 236 g/mol. The van der Waals surface area contributed by atoms with Gasteiger partial charge in [0.15, 0.2) is 0 Å². The molecule has 0 bridgehead atoms. The fourth-order valence-electron chi connectivity index (χ4n) is 1.81. The number of hydrogen-bond donors (Lipinski definition) is 2. The van der Waals surface area contributed by atoms with Crippen molar-refractivity contribution in [1.82, 2.24) is 0 Å². The zero-order valence-corrected chi connectivity index (χ0v) is 11.6. The van der Waals surface area contributed by atoms with Gasteiger partial charge in [0.25, 0.3) is 0 Å². The highest BCUT2D eigenvalue weighted by Gasteiger charge is 2.15. The van der Waals surface area contributed by atoms with Crippen LogP contribution in [0.2, 0.25) is 5.02 Å². The molecule has 17 heavy (non-hydrogen) atoms. The minimum Gasteiger partial charge on any atom is -0.494 e. The lowest BCUT2D eigenvalue weighted by molar-refractivity contribution is 0.411. The SMILES string of the molecule is COc1c(C)cc(Cl)cc1NC(CN)C(C)C. The van der Waals surface area contributed by atoms with Crippen molar-refractivity contribution in [3.05, 3.63) is 22.7 Å². The van der Waals surface area contributed by atoms with E-state index in [1.165, 1.54) is 0 Å². The van der Waals surface area contributed by atoms with E-state index in [2.05, 4.69) is 19.2 Å². The molecule has 0 aliphatic heterocycles. The molecule has 1 aromatic rings. The van der Waals surface area contributed by atoms with Gasteiger partial charge < -0.3 is 15.8 Å². The average Bonchev–Trinajstić information content (AvgIpc) is 2.24. The Morgan fingerprint density at radius 3 is 2.53 bits per heavy atom.